The molecular formula is C16H21NO. The largest absolute Gasteiger partial charge is 0.312 e. The molecule has 96 valence electrons. The van der Waals surface area contributed by atoms with Gasteiger partial charge in [-0.2, -0.15) is 0 Å². The van der Waals surface area contributed by atoms with Gasteiger partial charge in [-0.25, -0.2) is 0 Å². The second-order valence-electron chi connectivity index (χ2n) is 5.70. The van der Waals surface area contributed by atoms with Crippen molar-refractivity contribution in [3.05, 3.63) is 29.8 Å². The molecule has 2 nitrogen and oxygen atoms in total. The minimum atomic E-state index is 0.193. The summed E-state index contributed by atoms with van der Waals surface area (Å²) >= 11 is 0. The molecule has 2 aliphatic rings. The number of carbonyl (C=O) groups excluding carboxylic acids is 1. The summed E-state index contributed by atoms with van der Waals surface area (Å²) in [5.74, 6) is 1.15. The normalized spacial score (nSPS) is 21.1. The maximum Gasteiger partial charge on any atom is 0.230 e. The first-order valence-corrected chi connectivity index (χ1v) is 7.16. The number of anilines is 1. The van der Waals surface area contributed by atoms with Crippen molar-refractivity contribution in [1.82, 2.24) is 0 Å². The van der Waals surface area contributed by atoms with Crippen molar-refractivity contribution < 1.29 is 4.79 Å². The molecular weight excluding hydrogens is 222 g/mol. The fraction of sp³-hybridized carbons (Fsp3) is 0.562. The topological polar surface area (TPSA) is 20.3 Å². The SMILES string of the molecule is CC(C(=O)N1CCc2ccccc21)C1CCCC1. The van der Waals surface area contributed by atoms with Crippen LogP contribution in [0.5, 0.6) is 0 Å². The van der Waals surface area contributed by atoms with Crippen LogP contribution in [0.1, 0.15) is 38.2 Å². The van der Waals surface area contributed by atoms with Gasteiger partial charge in [0.1, 0.15) is 0 Å². The zero-order valence-electron chi connectivity index (χ0n) is 11.1. The average molecular weight is 243 g/mol. The number of para-hydroxylation sites is 1. The summed E-state index contributed by atoms with van der Waals surface area (Å²) in [6, 6.07) is 8.32. The molecule has 0 N–H and O–H groups in total. The molecule has 3 rings (SSSR count). The van der Waals surface area contributed by atoms with Crippen molar-refractivity contribution in [3.63, 3.8) is 0 Å². The van der Waals surface area contributed by atoms with Gasteiger partial charge in [0.25, 0.3) is 0 Å². The van der Waals surface area contributed by atoms with Gasteiger partial charge in [0.05, 0.1) is 0 Å². The monoisotopic (exact) mass is 243 g/mol. The Morgan fingerprint density at radius 3 is 2.78 bits per heavy atom. The molecule has 0 bridgehead atoms. The predicted molar refractivity (Wildman–Crippen MR) is 73.6 cm³/mol. The molecule has 0 radical (unpaired) electrons. The Balaban J connectivity index is 1.77. The van der Waals surface area contributed by atoms with Crippen LogP contribution in [0.15, 0.2) is 24.3 Å². The van der Waals surface area contributed by atoms with Crippen molar-refractivity contribution >= 4 is 11.6 Å². The van der Waals surface area contributed by atoms with Crippen molar-refractivity contribution in [3.8, 4) is 0 Å². The Labute approximate surface area is 109 Å². The Kier molecular flexibility index (Phi) is 3.11. The minimum Gasteiger partial charge on any atom is -0.312 e. The highest BCUT2D eigenvalue weighted by Crippen LogP contribution is 2.35. The highest BCUT2D eigenvalue weighted by Gasteiger charge is 2.32. The third-order valence-corrected chi connectivity index (χ3v) is 4.65. The molecule has 1 aliphatic heterocycles. The summed E-state index contributed by atoms with van der Waals surface area (Å²) in [6.45, 7) is 2.99. The van der Waals surface area contributed by atoms with Crippen LogP contribution in [0.4, 0.5) is 5.69 Å². The molecule has 0 spiro atoms. The van der Waals surface area contributed by atoms with Gasteiger partial charge in [0.15, 0.2) is 0 Å². The summed E-state index contributed by atoms with van der Waals surface area (Å²) in [4.78, 5) is 14.6. The standard InChI is InChI=1S/C16H21NO/c1-12(13-6-2-3-7-13)16(18)17-11-10-14-8-4-5-9-15(14)17/h4-5,8-9,12-13H,2-3,6-7,10-11H2,1H3. The van der Waals surface area contributed by atoms with Crippen LogP contribution >= 0.6 is 0 Å². The van der Waals surface area contributed by atoms with Crippen LogP contribution in [0.2, 0.25) is 0 Å². The van der Waals surface area contributed by atoms with Crippen LogP contribution in [-0.4, -0.2) is 12.5 Å². The lowest BCUT2D eigenvalue weighted by molar-refractivity contribution is -0.123. The fourth-order valence-electron chi connectivity index (χ4n) is 3.47. The number of carbonyl (C=O) groups is 1. The molecule has 1 amide bonds. The van der Waals surface area contributed by atoms with Crippen molar-refractivity contribution in [1.29, 1.82) is 0 Å². The number of amides is 1. The second-order valence-corrected chi connectivity index (χ2v) is 5.70. The predicted octanol–water partition coefficient (Wildman–Crippen LogP) is 3.40. The molecule has 1 aliphatic carbocycles. The highest BCUT2D eigenvalue weighted by molar-refractivity contribution is 5.96. The first-order chi connectivity index (χ1) is 8.77. The Hall–Kier alpha value is -1.31. The molecule has 1 unspecified atom stereocenters. The van der Waals surface area contributed by atoms with Gasteiger partial charge in [-0.15, -0.1) is 0 Å². The van der Waals surface area contributed by atoms with Crippen molar-refractivity contribution in [2.45, 2.75) is 39.0 Å². The van der Waals surface area contributed by atoms with Gasteiger partial charge >= 0.3 is 0 Å². The van der Waals surface area contributed by atoms with Crippen LogP contribution in [0.3, 0.4) is 0 Å². The molecule has 2 heteroatoms. The van der Waals surface area contributed by atoms with Crippen LogP contribution in [0, 0.1) is 11.8 Å². The quantitative estimate of drug-likeness (QED) is 0.779. The summed E-state index contributed by atoms with van der Waals surface area (Å²) in [5.41, 5.74) is 2.47. The summed E-state index contributed by atoms with van der Waals surface area (Å²) in [5, 5.41) is 0. The van der Waals surface area contributed by atoms with Gasteiger partial charge in [-0.3, -0.25) is 4.79 Å². The van der Waals surface area contributed by atoms with E-state index in [4.69, 9.17) is 0 Å². The van der Waals surface area contributed by atoms with Crippen molar-refractivity contribution in [2.24, 2.45) is 11.8 Å². The molecule has 1 fully saturated rings. The molecule has 1 heterocycles. The first kappa shape index (κ1) is 11.8. The van der Waals surface area contributed by atoms with E-state index < -0.39 is 0 Å². The molecule has 1 aromatic carbocycles. The van der Waals surface area contributed by atoms with E-state index in [1.165, 1.54) is 31.2 Å². The smallest absolute Gasteiger partial charge is 0.230 e. The van der Waals surface area contributed by atoms with Crippen molar-refractivity contribution in [2.75, 3.05) is 11.4 Å². The number of benzene rings is 1. The van der Waals surface area contributed by atoms with Gasteiger partial charge in [0.2, 0.25) is 5.91 Å². The number of nitrogens with zero attached hydrogens (tertiary/aromatic N) is 1. The van der Waals surface area contributed by atoms with E-state index in [1.54, 1.807) is 0 Å². The van der Waals surface area contributed by atoms with Crippen LogP contribution in [0.25, 0.3) is 0 Å². The van der Waals surface area contributed by atoms with E-state index in [1.807, 2.05) is 11.0 Å². The van der Waals surface area contributed by atoms with E-state index in [-0.39, 0.29) is 5.92 Å². The highest BCUT2D eigenvalue weighted by atomic mass is 16.2. The third-order valence-electron chi connectivity index (χ3n) is 4.65. The molecule has 1 atom stereocenters. The fourth-order valence-corrected chi connectivity index (χ4v) is 3.47. The number of hydrogen-bond acceptors (Lipinski definition) is 1. The second kappa shape index (κ2) is 4.75. The number of rotatable bonds is 2. The molecule has 0 saturated heterocycles. The lowest BCUT2D eigenvalue weighted by Gasteiger charge is -2.25. The summed E-state index contributed by atoms with van der Waals surface area (Å²) < 4.78 is 0. The van der Waals surface area contributed by atoms with E-state index in [0.717, 1.165) is 18.7 Å². The number of fused-ring (bicyclic) bond motifs is 1. The molecule has 1 saturated carbocycles. The van der Waals surface area contributed by atoms with Gasteiger partial charge < -0.3 is 4.90 Å². The van der Waals surface area contributed by atoms with Gasteiger partial charge in [-0.1, -0.05) is 38.0 Å². The van der Waals surface area contributed by atoms with Gasteiger partial charge in [0, 0.05) is 18.2 Å². The lowest BCUT2D eigenvalue weighted by Crippen LogP contribution is -2.36. The minimum absolute atomic E-state index is 0.193. The Morgan fingerprint density at radius 2 is 2.00 bits per heavy atom. The summed E-state index contributed by atoms with van der Waals surface area (Å²) in [7, 11) is 0. The zero-order chi connectivity index (χ0) is 12.5. The maximum atomic E-state index is 12.6. The van der Waals surface area contributed by atoms with Gasteiger partial charge in [-0.05, 0) is 36.8 Å². The molecule has 18 heavy (non-hydrogen) atoms. The lowest BCUT2D eigenvalue weighted by atomic mass is 9.91. The zero-order valence-corrected chi connectivity index (χ0v) is 11.1. The van der Waals surface area contributed by atoms with E-state index in [9.17, 15) is 4.79 Å². The van der Waals surface area contributed by atoms with E-state index in [2.05, 4.69) is 25.1 Å². The van der Waals surface area contributed by atoms with E-state index in [0.29, 0.717) is 11.8 Å². The summed E-state index contributed by atoms with van der Waals surface area (Å²) in [6.07, 6.45) is 6.10. The molecule has 1 aromatic rings. The van der Waals surface area contributed by atoms with Crippen LogP contribution in [-0.2, 0) is 11.2 Å². The Morgan fingerprint density at radius 1 is 1.28 bits per heavy atom. The average Bonchev–Trinajstić information content (AvgIpc) is 3.06. The molecule has 0 aromatic heterocycles. The Bertz CT molecular complexity index is 448. The van der Waals surface area contributed by atoms with Crippen LogP contribution < -0.4 is 4.90 Å². The number of hydrogen-bond donors (Lipinski definition) is 0. The maximum absolute atomic E-state index is 12.6. The third kappa shape index (κ3) is 1.94. The van der Waals surface area contributed by atoms with E-state index >= 15 is 0 Å². The first-order valence-electron chi connectivity index (χ1n) is 7.16.